The van der Waals surface area contributed by atoms with Gasteiger partial charge in [-0.05, 0) is 36.6 Å². The van der Waals surface area contributed by atoms with Crippen molar-refractivity contribution in [1.82, 2.24) is 4.98 Å². The molecule has 2 aromatic rings. The Bertz CT molecular complexity index is 634. The molecule has 0 spiro atoms. The van der Waals surface area contributed by atoms with Crippen LogP contribution in [-0.4, -0.2) is 23.4 Å². The van der Waals surface area contributed by atoms with E-state index in [4.69, 9.17) is 5.73 Å². The third kappa shape index (κ3) is 5.21. The monoisotopic (exact) mass is 350 g/mol. The lowest BCUT2D eigenvalue weighted by atomic mass is 9.99. The van der Waals surface area contributed by atoms with Crippen LogP contribution in [0.2, 0.25) is 0 Å². The molecule has 1 atom stereocenters. The number of thiazole rings is 1. The smallest absolute Gasteiger partial charge is 0.145 e. The highest BCUT2D eigenvalue weighted by atomic mass is 32.1. The fourth-order valence-electron chi connectivity index (χ4n) is 2.16. The third-order valence-electron chi connectivity index (χ3n) is 3.59. The van der Waals surface area contributed by atoms with Gasteiger partial charge in [0.2, 0.25) is 0 Å². The molecule has 2 aromatic heterocycles. The second-order valence-corrected chi connectivity index (χ2v) is 7.50. The summed E-state index contributed by atoms with van der Waals surface area (Å²) in [6, 6.07) is 3.97. The van der Waals surface area contributed by atoms with Gasteiger partial charge in [-0.3, -0.25) is 4.99 Å². The van der Waals surface area contributed by atoms with Crippen molar-refractivity contribution >= 4 is 28.5 Å². The molecule has 0 aliphatic heterocycles. The van der Waals surface area contributed by atoms with Crippen molar-refractivity contribution in [3.05, 3.63) is 33.5 Å². The highest BCUT2D eigenvalue weighted by Gasteiger charge is 2.12. The highest BCUT2D eigenvalue weighted by molar-refractivity contribution is 7.20. The molecule has 0 radical (unpaired) electrons. The molecule has 0 aliphatic carbocycles. The van der Waals surface area contributed by atoms with Gasteiger partial charge in [-0.2, -0.15) is 4.91 Å². The van der Waals surface area contributed by atoms with Crippen molar-refractivity contribution in [2.45, 2.75) is 39.2 Å². The molecule has 0 bridgehead atoms. The van der Waals surface area contributed by atoms with Crippen molar-refractivity contribution < 1.29 is 0 Å². The minimum absolute atomic E-state index is 0.0942. The minimum Gasteiger partial charge on any atom is -0.382 e. The predicted octanol–water partition coefficient (Wildman–Crippen LogP) is 4.54. The van der Waals surface area contributed by atoms with Gasteiger partial charge in [0.05, 0.1) is 10.9 Å². The predicted molar refractivity (Wildman–Crippen MR) is 99.3 cm³/mol. The maximum absolute atomic E-state index is 10.7. The number of aliphatic imine (C=N–C) groups is 1. The molecule has 0 saturated carbocycles. The Morgan fingerprint density at radius 3 is 2.83 bits per heavy atom. The van der Waals surface area contributed by atoms with Crippen molar-refractivity contribution in [3.8, 4) is 9.88 Å². The van der Waals surface area contributed by atoms with Gasteiger partial charge in [-0.1, -0.05) is 25.1 Å². The van der Waals surface area contributed by atoms with Crippen LogP contribution in [0, 0.1) is 10.8 Å². The second-order valence-electron chi connectivity index (χ2n) is 5.69. The molecule has 0 fully saturated rings. The normalized spacial score (nSPS) is 13.4. The van der Waals surface area contributed by atoms with Crippen LogP contribution in [0.1, 0.15) is 38.8 Å². The van der Waals surface area contributed by atoms with Crippen molar-refractivity contribution in [3.63, 3.8) is 0 Å². The Hall–Kier alpha value is -1.60. The van der Waals surface area contributed by atoms with Crippen LogP contribution >= 0.6 is 22.7 Å². The van der Waals surface area contributed by atoms with Crippen molar-refractivity contribution in [2.24, 2.45) is 21.8 Å². The summed E-state index contributed by atoms with van der Waals surface area (Å²) in [4.78, 5) is 20.8. The zero-order chi connectivity index (χ0) is 16.7. The molecule has 23 heavy (non-hydrogen) atoms. The van der Waals surface area contributed by atoms with Crippen molar-refractivity contribution in [2.75, 3.05) is 6.54 Å². The number of rotatable bonds is 9. The topological polar surface area (TPSA) is 80.7 Å². The summed E-state index contributed by atoms with van der Waals surface area (Å²) in [6.07, 6.45) is 2.65. The van der Waals surface area contributed by atoms with Gasteiger partial charge in [0.15, 0.2) is 0 Å². The number of nitroso groups, excluding NO2 is 1. The van der Waals surface area contributed by atoms with Crippen LogP contribution in [0.5, 0.6) is 0 Å². The lowest BCUT2D eigenvalue weighted by Gasteiger charge is -2.11. The van der Waals surface area contributed by atoms with E-state index in [2.05, 4.69) is 15.2 Å². The number of nitrogens with two attached hydrogens (primary N) is 1. The van der Waals surface area contributed by atoms with Gasteiger partial charge in [-0.15, -0.1) is 22.7 Å². The molecule has 0 aromatic carbocycles. The number of hydrogen-bond donors (Lipinski definition) is 1. The Morgan fingerprint density at radius 1 is 1.35 bits per heavy atom. The molecule has 1 unspecified atom stereocenters. The molecule has 5 nitrogen and oxygen atoms in total. The molecule has 2 rings (SSSR count). The van der Waals surface area contributed by atoms with E-state index < -0.39 is 0 Å². The lowest BCUT2D eigenvalue weighted by molar-refractivity contribution is 0.447. The van der Waals surface area contributed by atoms with Crippen LogP contribution in [0.4, 0.5) is 0 Å². The number of aromatic nitrogens is 1. The summed E-state index contributed by atoms with van der Waals surface area (Å²) in [5, 5.41) is 8.13. The fraction of sp³-hybridized carbons (Fsp3) is 0.500. The van der Waals surface area contributed by atoms with E-state index in [1.807, 2.05) is 36.7 Å². The Balaban J connectivity index is 1.80. The molecular formula is C16H22N4OS2. The van der Waals surface area contributed by atoms with E-state index in [1.165, 1.54) is 0 Å². The van der Waals surface area contributed by atoms with Gasteiger partial charge in [-0.25, -0.2) is 4.98 Å². The van der Waals surface area contributed by atoms with Gasteiger partial charge in [0, 0.05) is 11.9 Å². The van der Waals surface area contributed by atoms with Gasteiger partial charge in [0.25, 0.3) is 0 Å². The number of amidine groups is 1. The first-order valence-electron chi connectivity index (χ1n) is 7.74. The summed E-state index contributed by atoms with van der Waals surface area (Å²) < 4.78 is 0. The summed E-state index contributed by atoms with van der Waals surface area (Å²) in [5.74, 6) is 0.782. The van der Waals surface area contributed by atoms with E-state index in [0.717, 1.165) is 34.8 Å². The first kappa shape index (κ1) is 17.7. The summed E-state index contributed by atoms with van der Waals surface area (Å²) >= 11 is 3.25. The zero-order valence-electron chi connectivity index (χ0n) is 13.4. The number of hydrogen-bond acceptors (Lipinski definition) is 6. The standard InChI is InChI=1S/C16H22N4OS2/c1-11(2)12(20-21)6-3-4-8-18-15(17)13-10-23-16(19-13)14-7-5-9-22-14/h5,7,9-12H,3-4,6,8H2,1-2H3,(H2,17,18). The van der Waals surface area contributed by atoms with Crippen LogP contribution in [0.25, 0.3) is 9.88 Å². The SMILES string of the molecule is CC(C)C(CCCCN=C(N)c1csc(-c2cccs2)n1)N=O. The summed E-state index contributed by atoms with van der Waals surface area (Å²) in [5.41, 5.74) is 6.75. The number of nitrogens with zero attached hydrogens (tertiary/aromatic N) is 3. The number of unbranched alkanes of at least 4 members (excludes halogenated alkanes) is 1. The molecular weight excluding hydrogens is 328 g/mol. The minimum atomic E-state index is -0.0942. The molecule has 2 N–H and O–H groups in total. The Labute approximate surface area is 144 Å². The molecule has 124 valence electrons. The lowest BCUT2D eigenvalue weighted by Crippen LogP contribution is -2.15. The molecule has 0 amide bonds. The second kappa shape index (κ2) is 8.88. The van der Waals surface area contributed by atoms with Crippen LogP contribution in [-0.2, 0) is 0 Å². The first-order chi connectivity index (χ1) is 11.1. The van der Waals surface area contributed by atoms with Gasteiger partial charge in [0.1, 0.15) is 16.5 Å². The van der Waals surface area contributed by atoms with Gasteiger partial charge < -0.3 is 5.73 Å². The third-order valence-corrected chi connectivity index (χ3v) is 5.48. The summed E-state index contributed by atoms with van der Waals surface area (Å²) in [6.45, 7) is 4.70. The van der Waals surface area contributed by atoms with Crippen LogP contribution < -0.4 is 5.73 Å². The Morgan fingerprint density at radius 2 is 2.17 bits per heavy atom. The van der Waals surface area contributed by atoms with E-state index in [-0.39, 0.29) is 6.04 Å². The van der Waals surface area contributed by atoms with E-state index in [1.54, 1.807) is 22.7 Å². The maximum atomic E-state index is 10.7. The van der Waals surface area contributed by atoms with Crippen LogP contribution in [0.15, 0.2) is 33.1 Å². The molecule has 7 heteroatoms. The first-order valence-corrected chi connectivity index (χ1v) is 9.50. The highest BCUT2D eigenvalue weighted by Crippen LogP contribution is 2.27. The Kier molecular flexibility index (Phi) is 6.85. The van der Waals surface area contributed by atoms with E-state index in [0.29, 0.717) is 18.3 Å². The largest absolute Gasteiger partial charge is 0.382 e. The maximum Gasteiger partial charge on any atom is 0.145 e. The summed E-state index contributed by atoms with van der Waals surface area (Å²) in [7, 11) is 0. The van der Waals surface area contributed by atoms with E-state index in [9.17, 15) is 4.91 Å². The zero-order valence-corrected chi connectivity index (χ0v) is 15.1. The average Bonchev–Trinajstić information content (AvgIpc) is 3.20. The van der Waals surface area contributed by atoms with Crippen LogP contribution in [0.3, 0.4) is 0 Å². The average molecular weight is 351 g/mol. The molecule has 0 saturated heterocycles. The molecule has 2 heterocycles. The van der Waals surface area contributed by atoms with E-state index >= 15 is 0 Å². The fourth-order valence-corrected chi connectivity index (χ4v) is 3.79. The number of thiophene rings is 1. The van der Waals surface area contributed by atoms with Gasteiger partial charge >= 0.3 is 0 Å². The van der Waals surface area contributed by atoms with Crippen molar-refractivity contribution in [1.29, 1.82) is 0 Å². The quantitative estimate of drug-likeness (QED) is 0.312. The molecule has 0 aliphatic rings.